The van der Waals surface area contributed by atoms with Crippen LogP contribution in [0.4, 0.5) is 29.2 Å². The predicted molar refractivity (Wildman–Crippen MR) is 163 cm³/mol. The fourth-order valence-electron chi connectivity index (χ4n) is 4.93. The Balaban J connectivity index is 1.36. The zero-order chi connectivity index (χ0) is 32.3. The van der Waals surface area contributed by atoms with Crippen LogP contribution in [0.25, 0.3) is 10.9 Å². The van der Waals surface area contributed by atoms with E-state index in [-0.39, 0.29) is 46.1 Å². The summed E-state index contributed by atoms with van der Waals surface area (Å²) in [4.78, 5) is 36.6. The molecule has 4 aromatic rings. The molecule has 3 aromatic carbocycles. The first kappa shape index (κ1) is 31.6. The van der Waals surface area contributed by atoms with Gasteiger partial charge in [-0.25, -0.2) is 14.4 Å². The van der Waals surface area contributed by atoms with Crippen molar-refractivity contribution in [1.82, 2.24) is 19.8 Å². The number of amides is 2. The topological polar surface area (TPSA) is 90.5 Å². The van der Waals surface area contributed by atoms with E-state index in [1.54, 1.807) is 25.1 Å². The van der Waals surface area contributed by atoms with Crippen LogP contribution in [0.15, 0.2) is 54.7 Å². The lowest BCUT2D eigenvalue weighted by Crippen LogP contribution is -2.44. The van der Waals surface area contributed by atoms with Crippen LogP contribution in [0.3, 0.4) is 0 Å². The Morgan fingerprint density at radius 2 is 1.73 bits per heavy atom. The number of nitrogens with zero attached hydrogens (tertiary/aromatic N) is 4. The molecule has 1 fully saturated rings. The van der Waals surface area contributed by atoms with Gasteiger partial charge in [0, 0.05) is 68.2 Å². The Morgan fingerprint density at radius 1 is 0.978 bits per heavy atom. The molecule has 2 N–H and O–H groups in total. The number of hydrogen-bond acceptors (Lipinski definition) is 6. The van der Waals surface area contributed by atoms with Crippen LogP contribution in [0.5, 0.6) is 0 Å². The second-order valence-corrected chi connectivity index (χ2v) is 10.9. The first-order valence-electron chi connectivity index (χ1n) is 14.1. The normalized spacial score (nSPS) is 14.1. The third-order valence-corrected chi connectivity index (χ3v) is 7.44. The van der Waals surface area contributed by atoms with E-state index < -0.39 is 23.5 Å². The van der Waals surface area contributed by atoms with Crippen LogP contribution >= 0.6 is 0 Å². The first-order valence-corrected chi connectivity index (χ1v) is 14.1. The molecule has 232 valence electrons. The van der Waals surface area contributed by atoms with Crippen LogP contribution < -0.4 is 10.6 Å². The summed E-state index contributed by atoms with van der Waals surface area (Å²) in [6.07, 6.45) is -3.32. The van der Waals surface area contributed by atoms with Crippen LogP contribution in [-0.4, -0.2) is 64.8 Å². The highest BCUT2D eigenvalue weighted by Gasteiger charge is 2.34. The molecule has 1 aliphatic heterocycles. The van der Waals surface area contributed by atoms with Gasteiger partial charge in [0.2, 0.25) is 11.9 Å². The molecule has 5 rings (SSSR count). The number of rotatable bonds is 5. The maximum Gasteiger partial charge on any atom is 0.416 e. The summed E-state index contributed by atoms with van der Waals surface area (Å²) in [6, 6.07) is 11.4. The van der Waals surface area contributed by atoms with Gasteiger partial charge in [0.1, 0.15) is 5.82 Å². The second-order valence-electron chi connectivity index (χ2n) is 10.9. The van der Waals surface area contributed by atoms with E-state index in [4.69, 9.17) is 0 Å². The molecule has 0 saturated carbocycles. The Labute approximate surface area is 257 Å². The number of likely N-dealkylation sites (N-methyl/N-ethyl adjacent to an activating group) is 1. The molecule has 0 unspecified atom stereocenters. The lowest BCUT2D eigenvalue weighted by Gasteiger charge is -2.33. The van der Waals surface area contributed by atoms with Gasteiger partial charge >= 0.3 is 6.18 Å². The average molecular weight is 619 g/mol. The number of carbonyl (C=O) groups is 2. The number of anilines is 2. The van der Waals surface area contributed by atoms with Crippen molar-refractivity contribution in [1.29, 1.82) is 0 Å². The molecule has 0 radical (unpaired) electrons. The van der Waals surface area contributed by atoms with Crippen molar-refractivity contribution in [2.24, 2.45) is 0 Å². The summed E-state index contributed by atoms with van der Waals surface area (Å²) in [5.74, 6) is 4.28. The van der Waals surface area contributed by atoms with Gasteiger partial charge in [-0.3, -0.25) is 19.8 Å². The Hall–Kier alpha value is -4.86. The van der Waals surface area contributed by atoms with Crippen molar-refractivity contribution < 1.29 is 27.2 Å². The molecule has 1 aromatic heterocycles. The second kappa shape index (κ2) is 13.0. The number of piperazine rings is 1. The van der Waals surface area contributed by atoms with Gasteiger partial charge in [-0.2, -0.15) is 13.2 Å². The number of hydrogen-bond donors (Lipinski definition) is 2. The maximum absolute atomic E-state index is 14.7. The minimum absolute atomic E-state index is 0.0231. The molecule has 0 spiro atoms. The molecular weight excluding hydrogens is 588 g/mol. The highest BCUT2D eigenvalue weighted by atomic mass is 19.4. The highest BCUT2D eigenvalue weighted by Crippen LogP contribution is 2.35. The SMILES string of the molecule is CC(=O)Nc1ncc2c(F)cc(C#Cc3cc(C(=O)Nc4ccc(CN5CCN(C)CC5)c(C(F)(F)F)c4)ccc3C)cc2n1. The van der Waals surface area contributed by atoms with Gasteiger partial charge in [-0.1, -0.05) is 24.0 Å². The van der Waals surface area contributed by atoms with Crippen molar-refractivity contribution in [3.63, 3.8) is 0 Å². The summed E-state index contributed by atoms with van der Waals surface area (Å²) >= 11 is 0. The highest BCUT2D eigenvalue weighted by molar-refractivity contribution is 6.04. The molecule has 45 heavy (non-hydrogen) atoms. The molecule has 2 amide bonds. The smallest absolute Gasteiger partial charge is 0.322 e. The van der Waals surface area contributed by atoms with Crippen molar-refractivity contribution in [2.75, 3.05) is 43.9 Å². The third kappa shape index (κ3) is 7.81. The van der Waals surface area contributed by atoms with Crippen molar-refractivity contribution in [3.05, 3.63) is 93.9 Å². The van der Waals surface area contributed by atoms with Crippen molar-refractivity contribution >= 4 is 34.4 Å². The minimum atomic E-state index is -4.59. The van der Waals surface area contributed by atoms with Crippen molar-refractivity contribution in [3.8, 4) is 11.8 Å². The van der Waals surface area contributed by atoms with Gasteiger partial charge in [-0.15, -0.1) is 0 Å². The van der Waals surface area contributed by atoms with Crippen LogP contribution in [0.1, 0.15) is 45.1 Å². The molecule has 2 heterocycles. The van der Waals surface area contributed by atoms with E-state index in [0.29, 0.717) is 24.2 Å². The van der Waals surface area contributed by atoms with Gasteiger partial charge in [-0.05, 0) is 61.5 Å². The van der Waals surface area contributed by atoms with Gasteiger partial charge in [0.25, 0.3) is 5.91 Å². The fraction of sp³-hybridized carbons (Fsp3) is 0.273. The molecule has 0 aliphatic carbocycles. The van der Waals surface area contributed by atoms with Gasteiger partial charge in [0.15, 0.2) is 0 Å². The van der Waals surface area contributed by atoms with E-state index in [0.717, 1.165) is 24.7 Å². The maximum atomic E-state index is 14.7. The summed E-state index contributed by atoms with van der Waals surface area (Å²) in [5, 5.41) is 5.18. The molecule has 1 saturated heterocycles. The standard InChI is InChI=1S/C33H30F4N6O2/c1-20-4-6-24(16-23(20)7-5-22-14-29(34)27-18-38-32(39-21(2)44)41-30(27)15-22)31(45)40-26-9-8-25(28(17-26)33(35,36)37)19-43-12-10-42(3)11-13-43/h4,6,8-9,14-18H,10-13,19H2,1-3H3,(H,40,45)(H,38,39,41,44). The van der Waals surface area contributed by atoms with E-state index in [1.807, 2.05) is 11.9 Å². The molecule has 0 bridgehead atoms. The molecule has 8 nitrogen and oxygen atoms in total. The minimum Gasteiger partial charge on any atom is -0.322 e. The van der Waals surface area contributed by atoms with E-state index in [1.165, 1.54) is 37.4 Å². The quantitative estimate of drug-likeness (QED) is 0.228. The Bertz CT molecular complexity index is 1840. The zero-order valence-corrected chi connectivity index (χ0v) is 24.8. The lowest BCUT2D eigenvalue weighted by molar-refractivity contribution is -0.138. The summed E-state index contributed by atoms with van der Waals surface area (Å²) in [5.41, 5.74) is 1.35. The number of nitrogens with one attached hydrogen (secondary N) is 2. The number of alkyl halides is 3. The number of aryl methyl sites for hydroxylation is 1. The number of halogens is 4. The molecule has 1 aliphatic rings. The Morgan fingerprint density at radius 3 is 2.44 bits per heavy atom. The summed E-state index contributed by atoms with van der Waals surface area (Å²) < 4.78 is 56.7. The lowest BCUT2D eigenvalue weighted by atomic mass is 10.0. The molecular formula is C33H30F4N6O2. The number of benzene rings is 3. The predicted octanol–water partition coefficient (Wildman–Crippen LogP) is 5.45. The fourth-order valence-corrected chi connectivity index (χ4v) is 4.93. The molecule has 0 atom stereocenters. The van der Waals surface area contributed by atoms with Gasteiger partial charge < -0.3 is 10.2 Å². The number of carbonyl (C=O) groups excluding carboxylic acids is 2. The van der Waals surface area contributed by atoms with Gasteiger partial charge in [0.05, 0.1) is 16.5 Å². The summed E-state index contributed by atoms with van der Waals surface area (Å²) in [7, 11) is 1.98. The number of aromatic nitrogens is 2. The van der Waals surface area contributed by atoms with Crippen LogP contribution in [0.2, 0.25) is 0 Å². The third-order valence-electron chi connectivity index (χ3n) is 7.44. The first-order chi connectivity index (χ1) is 21.4. The van der Waals surface area contributed by atoms with E-state index in [9.17, 15) is 27.2 Å². The van der Waals surface area contributed by atoms with Crippen molar-refractivity contribution in [2.45, 2.75) is 26.6 Å². The molecule has 12 heteroatoms. The largest absolute Gasteiger partial charge is 0.416 e. The average Bonchev–Trinajstić information content (AvgIpc) is 2.97. The van der Waals surface area contributed by atoms with E-state index in [2.05, 4.69) is 37.3 Å². The zero-order valence-electron chi connectivity index (χ0n) is 24.8. The number of fused-ring (bicyclic) bond motifs is 1. The Kier molecular flexibility index (Phi) is 9.13. The van der Waals surface area contributed by atoms with Crippen LogP contribution in [-0.2, 0) is 17.5 Å². The summed E-state index contributed by atoms with van der Waals surface area (Å²) in [6.45, 7) is 6.18. The van der Waals surface area contributed by atoms with Crippen LogP contribution in [0, 0.1) is 24.6 Å². The van der Waals surface area contributed by atoms with E-state index >= 15 is 0 Å². The monoisotopic (exact) mass is 618 g/mol.